The summed E-state index contributed by atoms with van der Waals surface area (Å²) in [6.45, 7) is 6.23. The third-order valence-corrected chi connectivity index (χ3v) is 8.13. The summed E-state index contributed by atoms with van der Waals surface area (Å²) in [5.41, 5.74) is 8.97. The number of aromatic carboxylic acids is 1. The van der Waals surface area contributed by atoms with Crippen molar-refractivity contribution in [2.45, 2.75) is 52.5 Å². The molecule has 8 heteroatoms. The van der Waals surface area contributed by atoms with E-state index in [0.29, 0.717) is 42.4 Å². The fraction of sp³-hybridized carbons (Fsp3) is 0.324. The Morgan fingerprint density at radius 3 is 2.47 bits per heavy atom. The van der Waals surface area contributed by atoms with E-state index in [1.54, 1.807) is 18.2 Å². The maximum absolute atomic E-state index is 13.0. The molecule has 0 spiro atoms. The molecule has 0 aromatic heterocycles. The van der Waals surface area contributed by atoms with Crippen molar-refractivity contribution in [2.75, 3.05) is 25.5 Å². The van der Waals surface area contributed by atoms with Crippen LogP contribution in [0.2, 0.25) is 0 Å². The van der Waals surface area contributed by atoms with Gasteiger partial charge in [-0.15, -0.1) is 0 Å². The van der Waals surface area contributed by atoms with Gasteiger partial charge in [0.25, 0.3) is 5.91 Å². The number of rotatable bonds is 13. The number of carbonyl (C=O) groups is 3. The molecule has 1 heterocycles. The number of unbranched alkanes of at least 4 members (excludes halogenated alkanes) is 1. The van der Waals surface area contributed by atoms with Gasteiger partial charge in [-0.05, 0) is 79.3 Å². The summed E-state index contributed by atoms with van der Waals surface area (Å²) in [4.78, 5) is 38.9. The van der Waals surface area contributed by atoms with Crippen molar-refractivity contribution in [3.8, 4) is 11.5 Å². The first kappa shape index (κ1) is 33.2. The first-order valence-electron chi connectivity index (χ1n) is 15.4. The van der Waals surface area contributed by atoms with Gasteiger partial charge >= 0.3 is 5.97 Å². The molecule has 0 saturated carbocycles. The van der Waals surface area contributed by atoms with Gasteiger partial charge in [0.05, 0.1) is 11.6 Å². The lowest BCUT2D eigenvalue weighted by molar-refractivity contribution is -0.117. The average molecular weight is 610 g/mol. The summed E-state index contributed by atoms with van der Waals surface area (Å²) in [7, 11) is 3.91. The minimum Gasteiger partial charge on any atom is -0.478 e. The molecule has 3 aromatic rings. The van der Waals surface area contributed by atoms with Crippen LogP contribution < -0.4 is 31.1 Å². The van der Waals surface area contributed by atoms with Gasteiger partial charge in [0.2, 0.25) is 0 Å². The Morgan fingerprint density at radius 1 is 1.02 bits per heavy atom. The molecule has 45 heavy (non-hydrogen) atoms. The number of amides is 1. The lowest BCUT2D eigenvalue weighted by Gasteiger charge is -2.24. The number of ketones is 1. The number of hydrogen-bond acceptors (Lipinski definition) is 6. The van der Waals surface area contributed by atoms with E-state index >= 15 is 0 Å². The van der Waals surface area contributed by atoms with Gasteiger partial charge in [0.1, 0.15) is 17.3 Å². The number of nitrogens with one attached hydrogen (secondary N) is 1. The summed E-state index contributed by atoms with van der Waals surface area (Å²) in [6, 6.07) is 16.1. The highest BCUT2D eigenvalue weighted by molar-refractivity contribution is 6.02. The molecule has 0 aliphatic carbocycles. The normalized spacial score (nSPS) is 13.9. The Morgan fingerprint density at radius 2 is 1.78 bits per heavy atom. The highest BCUT2D eigenvalue weighted by atomic mass is 16.5. The summed E-state index contributed by atoms with van der Waals surface area (Å²) in [5, 5.41) is 15.0. The number of anilines is 1. The second-order valence-electron chi connectivity index (χ2n) is 11.8. The zero-order valence-electron chi connectivity index (χ0n) is 26.7. The Labute approximate surface area is 264 Å². The van der Waals surface area contributed by atoms with Crippen LogP contribution in [0.1, 0.15) is 78.3 Å². The van der Waals surface area contributed by atoms with E-state index in [1.165, 1.54) is 13.0 Å². The first-order valence-corrected chi connectivity index (χ1v) is 15.4. The molecule has 8 nitrogen and oxygen atoms in total. The van der Waals surface area contributed by atoms with E-state index in [4.69, 9.17) is 10.5 Å². The molecule has 4 N–H and O–H groups in total. The lowest BCUT2D eigenvalue weighted by Crippen LogP contribution is -2.26. The van der Waals surface area contributed by atoms with Crippen LogP contribution in [0, 0.1) is 5.92 Å². The predicted molar refractivity (Wildman–Crippen MR) is 179 cm³/mol. The molecule has 4 rings (SSSR count). The SMILES string of the molecule is CCC(C)C/C=c1/ccc2c(c1)Oc1cc(N(C)C)ccc1C=2c1ccc(C(=O)NCCCC=CC(N)C(C)=O)cc1C(=O)O. The van der Waals surface area contributed by atoms with Gasteiger partial charge in [0.15, 0.2) is 0 Å². The van der Waals surface area contributed by atoms with Gasteiger partial charge in [-0.1, -0.05) is 50.6 Å². The van der Waals surface area contributed by atoms with Crippen molar-refractivity contribution < 1.29 is 24.2 Å². The van der Waals surface area contributed by atoms with Gasteiger partial charge in [-0.25, -0.2) is 4.79 Å². The number of carbonyl (C=O) groups excluding carboxylic acids is 2. The number of fused-ring (bicyclic) bond motifs is 2. The molecule has 2 atom stereocenters. The minimum atomic E-state index is -1.13. The maximum atomic E-state index is 13.0. The van der Waals surface area contributed by atoms with E-state index in [0.717, 1.165) is 40.1 Å². The van der Waals surface area contributed by atoms with Gasteiger partial charge in [-0.2, -0.15) is 0 Å². The Kier molecular flexibility index (Phi) is 11.0. The molecule has 0 bridgehead atoms. The molecule has 2 unspecified atom stereocenters. The van der Waals surface area contributed by atoms with Crippen molar-refractivity contribution in [2.24, 2.45) is 11.7 Å². The third-order valence-electron chi connectivity index (χ3n) is 8.13. The topological polar surface area (TPSA) is 122 Å². The van der Waals surface area contributed by atoms with E-state index in [1.807, 2.05) is 61.5 Å². The standard InChI is InChI=1S/C37H43N3O5/c1-6-23(2)11-12-25-13-16-29-33(20-25)45-34-22-27(40(4)5)15-18-30(34)35(29)28-17-14-26(21-31(28)37(43)44)36(42)39-19-9-7-8-10-32(38)24(3)41/h8,10,12-18,20-23,32H,6-7,9,11,19,38H2,1-5H3,(H,39,42)(H,43,44)/b10-8?,25-12-. The van der Waals surface area contributed by atoms with Gasteiger partial charge in [-0.3, -0.25) is 9.59 Å². The Hall–Kier alpha value is -4.69. The van der Waals surface area contributed by atoms with Crippen LogP contribution in [0.15, 0.2) is 66.7 Å². The minimum absolute atomic E-state index is 0.0294. The molecular weight excluding hydrogens is 566 g/mol. The van der Waals surface area contributed by atoms with Crippen LogP contribution in [0.4, 0.5) is 5.69 Å². The van der Waals surface area contributed by atoms with Crippen molar-refractivity contribution in [3.63, 3.8) is 0 Å². The molecule has 236 valence electrons. The predicted octanol–water partition coefficient (Wildman–Crippen LogP) is 5.00. The number of nitrogens with zero attached hydrogens (tertiary/aromatic N) is 1. The molecular formula is C37H43N3O5. The molecule has 0 saturated heterocycles. The van der Waals surface area contributed by atoms with Gasteiger partial charge in [0, 0.05) is 54.3 Å². The largest absolute Gasteiger partial charge is 0.478 e. The average Bonchev–Trinajstić information content (AvgIpc) is 3.02. The number of nitrogens with two attached hydrogens (primary N) is 1. The Bertz CT molecular complexity index is 1740. The monoisotopic (exact) mass is 609 g/mol. The van der Waals surface area contributed by atoms with Crippen LogP contribution in [0.5, 0.6) is 11.5 Å². The first-order chi connectivity index (χ1) is 21.5. The second-order valence-corrected chi connectivity index (χ2v) is 11.8. The number of Topliss-reactive ketones (excluding diaryl/α,β-unsaturated/α-hetero) is 1. The van der Waals surface area contributed by atoms with Crippen molar-refractivity contribution in [3.05, 3.63) is 99.4 Å². The number of carboxylic acid groups (broad SMARTS) is 1. The molecule has 1 aliphatic rings. The van der Waals surface area contributed by atoms with Crippen LogP contribution in [-0.2, 0) is 4.79 Å². The Balaban J connectivity index is 1.71. The van der Waals surface area contributed by atoms with E-state index in [2.05, 4.69) is 25.2 Å². The molecule has 1 amide bonds. The van der Waals surface area contributed by atoms with Crippen molar-refractivity contribution in [1.82, 2.24) is 5.32 Å². The van der Waals surface area contributed by atoms with Crippen molar-refractivity contribution >= 4 is 35.0 Å². The van der Waals surface area contributed by atoms with Crippen molar-refractivity contribution in [1.29, 1.82) is 0 Å². The smallest absolute Gasteiger partial charge is 0.336 e. The van der Waals surface area contributed by atoms with Crippen LogP contribution >= 0.6 is 0 Å². The quantitative estimate of drug-likeness (QED) is 0.144. The third kappa shape index (κ3) is 8.08. The van der Waals surface area contributed by atoms with E-state index < -0.39 is 12.0 Å². The van der Waals surface area contributed by atoms with Gasteiger partial charge < -0.3 is 25.8 Å². The fourth-order valence-electron chi connectivity index (χ4n) is 5.08. The molecule has 0 radical (unpaired) electrons. The highest BCUT2D eigenvalue weighted by Crippen LogP contribution is 2.39. The van der Waals surface area contributed by atoms with E-state index in [9.17, 15) is 19.5 Å². The summed E-state index contributed by atoms with van der Waals surface area (Å²) >= 11 is 0. The summed E-state index contributed by atoms with van der Waals surface area (Å²) in [6.07, 6.45) is 9.02. The summed E-state index contributed by atoms with van der Waals surface area (Å²) < 4.78 is 6.45. The zero-order chi connectivity index (χ0) is 32.7. The van der Waals surface area contributed by atoms with Crippen LogP contribution in [-0.4, -0.2) is 49.4 Å². The molecule has 1 aliphatic heterocycles. The number of ether oxygens (including phenoxy) is 1. The van der Waals surface area contributed by atoms with Crippen LogP contribution in [0.3, 0.4) is 0 Å². The summed E-state index contributed by atoms with van der Waals surface area (Å²) in [5.74, 6) is 0.263. The van der Waals surface area contributed by atoms with Crippen LogP contribution in [0.25, 0.3) is 11.6 Å². The second kappa shape index (κ2) is 14.9. The number of allylic oxidation sites excluding steroid dienone is 1. The maximum Gasteiger partial charge on any atom is 0.336 e. The lowest BCUT2D eigenvalue weighted by atomic mass is 9.88. The molecule has 0 fully saturated rings. The fourth-order valence-corrected chi connectivity index (χ4v) is 5.08. The number of benzene rings is 3. The van der Waals surface area contributed by atoms with E-state index in [-0.39, 0.29) is 22.8 Å². The zero-order valence-corrected chi connectivity index (χ0v) is 26.7. The highest BCUT2D eigenvalue weighted by Gasteiger charge is 2.25. The number of carboxylic acids is 1. The molecule has 3 aromatic carbocycles. The number of hydrogen-bond donors (Lipinski definition) is 3.